The molecular weight excluding hydrogens is 368 g/mol. The van der Waals surface area contributed by atoms with E-state index in [1.807, 2.05) is 0 Å². The molecule has 0 radical (unpaired) electrons. The maximum Gasteiger partial charge on any atom is 0.306 e. The standard InChI is InChI=1S/C20H22O8/c1-23-17-5-11(6-18(24-2)20(17)26-4)12(8-19(22)25-3)13-7-15-16(9-14(13)21)28-10-27-15/h5-7,9,12,21H,8,10H2,1-4H3. The summed E-state index contributed by atoms with van der Waals surface area (Å²) in [6.45, 7) is 0.0735. The van der Waals surface area contributed by atoms with Crippen LogP contribution in [0.3, 0.4) is 0 Å². The topological polar surface area (TPSA) is 92.7 Å². The highest BCUT2D eigenvalue weighted by atomic mass is 16.7. The number of ether oxygens (including phenoxy) is 6. The lowest BCUT2D eigenvalue weighted by molar-refractivity contribution is -0.140. The summed E-state index contributed by atoms with van der Waals surface area (Å²) in [6.07, 6.45) is -0.0116. The molecule has 2 aromatic rings. The molecule has 2 aromatic carbocycles. The summed E-state index contributed by atoms with van der Waals surface area (Å²) in [6, 6.07) is 6.60. The largest absolute Gasteiger partial charge is 0.508 e. The second-order valence-electron chi connectivity index (χ2n) is 6.06. The van der Waals surface area contributed by atoms with Crippen molar-refractivity contribution in [1.29, 1.82) is 0 Å². The second kappa shape index (κ2) is 8.16. The van der Waals surface area contributed by atoms with Crippen LogP contribution < -0.4 is 23.7 Å². The minimum absolute atomic E-state index is 0.0116. The van der Waals surface area contributed by atoms with E-state index >= 15 is 0 Å². The molecule has 1 unspecified atom stereocenters. The normalized spacial score (nSPS) is 13.0. The molecule has 3 rings (SSSR count). The fourth-order valence-corrected chi connectivity index (χ4v) is 3.19. The number of phenols is 1. The molecule has 0 fully saturated rings. The van der Waals surface area contributed by atoms with Crippen LogP contribution in [-0.2, 0) is 9.53 Å². The van der Waals surface area contributed by atoms with Crippen molar-refractivity contribution in [2.45, 2.75) is 12.3 Å². The van der Waals surface area contributed by atoms with Gasteiger partial charge in [0.05, 0.1) is 34.9 Å². The lowest BCUT2D eigenvalue weighted by Gasteiger charge is -2.21. The molecule has 150 valence electrons. The zero-order valence-corrected chi connectivity index (χ0v) is 16.1. The van der Waals surface area contributed by atoms with Gasteiger partial charge in [-0.15, -0.1) is 0 Å². The molecule has 1 aliphatic rings. The van der Waals surface area contributed by atoms with Crippen LogP contribution in [0.15, 0.2) is 24.3 Å². The van der Waals surface area contributed by atoms with Gasteiger partial charge in [-0.25, -0.2) is 0 Å². The Kier molecular flexibility index (Phi) is 5.67. The molecule has 28 heavy (non-hydrogen) atoms. The Bertz CT molecular complexity index is 852. The van der Waals surface area contributed by atoms with Crippen molar-refractivity contribution < 1.29 is 38.3 Å². The van der Waals surface area contributed by atoms with Crippen molar-refractivity contribution >= 4 is 5.97 Å². The molecular formula is C20H22O8. The third kappa shape index (κ3) is 3.58. The lowest BCUT2D eigenvalue weighted by Crippen LogP contribution is -2.11. The lowest BCUT2D eigenvalue weighted by atomic mass is 9.87. The molecule has 0 amide bonds. The molecule has 0 saturated heterocycles. The number of carbonyl (C=O) groups is 1. The van der Waals surface area contributed by atoms with Gasteiger partial charge in [-0.05, 0) is 23.8 Å². The monoisotopic (exact) mass is 390 g/mol. The number of hydrogen-bond donors (Lipinski definition) is 1. The third-order valence-corrected chi connectivity index (χ3v) is 4.59. The van der Waals surface area contributed by atoms with E-state index in [4.69, 9.17) is 28.4 Å². The molecule has 1 aliphatic heterocycles. The van der Waals surface area contributed by atoms with E-state index in [0.717, 1.165) is 0 Å². The fraction of sp³-hybridized carbons (Fsp3) is 0.350. The Labute approximate surface area is 162 Å². The van der Waals surface area contributed by atoms with Gasteiger partial charge in [0.1, 0.15) is 5.75 Å². The van der Waals surface area contributed by atoms with Gasteiger partial charge in [-0.1, -0.05) is 0 Å². The zero-order chi connectivity index (χ0) is 20.3. The first kappa shape index (κ1) is 19.5. The van der Waals surface area contributed by atoms with Gasteiger partial charge in [0, 0.05) is 17.5 Å². The minimum Gasteiger partial charge on any atom is -0.508 e. The molecule has 1 N–H and O–H groups in total. The molecule has 0 aliphatic carbocycles. The van der Waals surface area contributed by atoms with Gasteiger partial charge in [-0.2, -0.15) is 0 Å². The molecule has 0 aromatic heterocycles. The minimum atomic E-state index is -0.546. The number of fused-ring (bicyclic) bond motifs is 1. The van der Waals surface area contributed by atoms with Gasteiger partial charge in [0.15, 0.2) is 23.0 Å². The van der Waals surface area contributed by atoms with Gasteiger partial charge >= 0.3 is 5.97 Å². The molecule has 0 bridgehead atoms. The molecule has 0 saturated carbocycles. The van der Waals surface area contributed by atoms with Crippen LogP contribution in [0.2, 0.25) is 0 Å². The average Bonchev–Trinajstić information content (AvgIpc) is 3.17. The van der Waals surface area contributed by atoms with Gasteiger partial charge < -0.3 is 33.5 Å². The quantitative estimate of drug-likeness (QED) is 0.722. The Hall–Kier alpha value is -3.29. The van der Waals surface area contributed by atoms with Crippen molar-refractivity contribution in [2.75, 3.05) is 35.2 Å². The van der Waals surface area contributed by atoms with E-state index in [-0.39, 0.29) is 19.0 Å². The summed E-state index contributed by atoms with van der Waals surface area (Å²) in [5.74, 6) is 1.25. The highest BCUT2D eigenvalue weighted by Crippen LogP contribution is 2.46. The number of esters is 1. The Balaban J connectivity index is 2.15. The van der Waals surface area contributed by atoms with E-state index in [1.54, 1.807) is 18.2 Å². The number of aromatic hydroxyl groups is 1. The van der Waals surface area contributed by atoms with E-state index in [2.05, 4.69) is 0 Å². The second-order valence-corrected chi connectivity index (χ2v) is 6.06. The summed E-state index contributed by atoms with van der Waals surface area (Å²) in [5.41, 5.74) is 1.16. The van der Waals surface area contributed by atoms with Crippen LogP contribution in [0.1, 0.15) is 23.5 Å². The maximum atomic E-state index is 12.1. The Morgan fingerprint density at radius 2 is 1.61 bits per heavy atom. The number of carbonyl (C=O) groups excluding carboxylic acids is 1. The number of phenolic OH excluding ortho intramolecular Hbond substituents is 1. The smallest absolute Gasteiger partial charge is 0.306 e. The summed E-state index contributed by atoms with van der Waals surface area (Å²) in [4.78, 5) is 12.1. The third-order valence-electron chi connectivity index (χ3n) is 4.59. The fourth-order valence-electron chi connectivity index (χ4n) is 3.19. The van der Waals surface area contributed by atoms with Crippen molar-refractivity contribution in [3.05, 3.63) is 35.4 Å². The zero-order valence-electron chi connectivity index (χ0n) is 16.1. The van der Waals surface area contributed by atoms with Crippen molar-refractivity contribution in [3.8, 4) is 34.5 Å². The highest BCUT2D eigenvalue weighted by Gasteiger charge is 2.28. The molecule has 1 atom stereocenters. The number of methoxy groups -OCH3 is 4. The van der Waals surface area contributed by atoms with Crippen LogP contribution in [0.5, 0.6) is 34.5 Å². The highest BCUT2D eigenvalue weighted by molar-refractivity contribution is 5.72. The van der Waals surface area contributed by atoms with Crippen LogP contribution in [0.4, 0.5) is 0 Å². The Morgan fingerprint density at radius 1 is 1.00 bits per heavy atom. The molecule has 1 heterocycles. The van der Waals surface area contributed by atoms with E-state index in [1.165, 1.54) is 34.5 Å². The summed E-state index contributed by atoms with van der Waals surface area (Å²) in [7, 11) is 5.84. The first-order valence-electron chi connectivity index (χ1n) is 8.51. The first-order chi connectivity index (χ1) is 13.5. The van der Waals surface area contributed by atoms with Crippen molar-refractivity contribution in [2.24, 2.45) is 0 Å². The predicted octanol–water partition coefficient (Wildman–Crippen LogP) is 2.84. The van der Waals surface area contributed by atoms with Crippen LogP contribution >= 0.6 is 0 Å². The van der Waals surface area contributed by atoms with E-state index in [0.29, 0.717) is 39.9 Å². The maximum absolute atomic E-state index is 12.1. The predicted molar refractivity (Wildman–Crippen MR) is 98.8 cm³/mol. The van der Waals surface area contributed by atoms with E-state index in [9.17, 15) is 9.90 Å². The summed E-state index contributed by atoms with van der Waals surface area (Å²) in [5, 5.41) is 10.6. The van der Waals surface area contributed by atoms with Gasteiger partial charge in [0.2, 0.25) is 12.5 Å². The number of benzene rings is 2. The number of hydrogen-bond acceptors (Lipinski definition) is 8. The summed E-state index contributed by atoms with van der Waals surface area (Å²) < 4.78 is 31.7. The van der Waals surface area contributed by atoms with Gasteiger partial charge in [-0.3, -0.25) is 4.79 Å². The molecule has 0 spiro atoms. The number of rotatable bonds is 7. The Morgan fingerprint density at radius 3 is 2.14 bits per heavy atom. The molecule has 8 nitrogen and oxygen atoms in total. The van der Waals surface area contributed by atoms with Crippen LogP contribution in [0, 0.1) is 0 Å². The SMILES string of the molecule is COC(=O)CC(c1cc(OC)c(OC)c(OC)c1)c1cc2c(cc1O)OCO2. The first-order valence-corrected chi connectivity index (χ1v) is 8.51. The van der Waals surface area contributed by atoms with Crippen LogP contribution in [-0.4, -0.2) is 46.3 Å². The van der Waals surface area contributed by atoms with Crippen molar-refractivity contribution in [3.63, 3.8) is 0 Å². The summed E-state index contributed by atoms with van der Waals surface area (Å²) >= 11 is 0. The van der Waals surface area contributed by atoms with Crippen molar-refractivity contribution in [1.82, 2.24) is 0 Å². The average molecular weight is 390 g/mol. The van der Waals surface area contributed by atoms with E-state index < -0.39 is 11.9 Å². The molecule has 8 heteroatoms. The van der Waals surface area contributed by atoms with Gasteiger partial charge in [0.25, 0.3) is 0 Å². The van der Waals surface area contributed by atoms with Crippen LogP contribution in [0.25, 0.3) is 0 Å².